The minimum absolute atomic E-state index is 0.0473. The van der Waals surface area contributed by atoms with Gasteiger partial charge in [-0.25, -0.2) is 8.42 Å². The zero-order valence-electron chi connectivity index (χ0n) is 13.5. The Balaban J connectivity index is 2.43. The van der Waals surface area contributed by atoms with Gasteiger partial charge in [0.05, 0.1) is 29.3 Å². The van der Waals surface area contributed by atoms with Crippen LogP contribution in [0.2, 0.25) is 0 Å². The summed E-state index contributed by atoms with van der Waals surface area (Å²) in [7, 11) is -2.05. The molecule has 0 saturated carbocycles. The standard InChI is InChI=1S/C17H16N2O4S/c1-11-4-6-13(9-15(11)23-2)17(20)19-14-8-12(10-18)5-7-16(14)24(3,21)22/h4-9H,1-3H3,(H,19,20). The lowest BCUT2D eigenvalue weighted by atomic mass is 10.1. The van der Waals surface area contributed by atoms with Crippen LogP contribution in [0.3, 0.4) is 0 Å². The van der Waals surface area contributed by atoms with Crippen LogP contribution in [0.5, 0.6) is 5.75 Å². The molecule has 0 bridgehead atoms. The smallest absolute Gasteiger partial charge is 0.255 e. The van der Waals surface area contributed by atoms with Gasteiger partial charge in [0, 0.05) is 11.8 Å². The van der Waals surface area contributed by atoms with E-state index in [9.17, 15) is 13.2 Å². The Morgan fingerprint density at radius 2 is 1.92 bits per heavy atom. The largest absolute Gasteiger partial charge is 0.496 e. The predicted molar refractivity (Wildman–Crippen MR) is 90.0 cm³/mol. The van der Waals surface area contributed by atoms with Gasteiger partial charge in [0.1, 0.15) is 5.75 Å². The Hall–Kier alpha value is -2.85. The van der Waals surface area contributed by atoms with Crippen LogP contribution in [0.4, 0.5) is 5.69 Å². The number of anilines is 1. The second-order valence-electron chi connectivity index (χ2n) is 5.23. The number of amides is 1. The first-order valence-corrected chi connectivity index (χ1v) is 8.85. The summed E-state index contributed by atoms with van der Waals surface area (Å²) in [4.78, 5) is 12.4. The second-order valence-corrected chi connectivity index (χ2v) is 7.22. The van der Waals surface area contributed by atoms with E-state index in [1.807, 2.05) is 13.0 Å². The fourth-order valence-corrected chi connectivity index (χ4v) is 3.00. The van der Waals surface area contributed by atoms with Crippen LogP contribution in [-0.2, 0) is 9.84 Å². The fourth-order valence-electron chi connectivity index (χ4n) is 2.18. The van der Waals surface area contributed by atoms with Gasteiger partial charge in [-0.15, -0.1) is 0 Å². The van der Waals surface area contributed by atoms with E-state index in [0.717, 1.165) is 11.8 Å². The summed E-state index contributed by atoms with van der Waals surface area (Å²) in [5.74, 6) is 0.0602. The van der Waals surface area contributed by atoms with Crippen LogP contribution in [0.1, 0.15) is 21.5 Å². The van der Waals surface area contributed by atoms with Crippen molar-refractivity contribution in [2.75, 3.05) is 18.7 Å². The number of ether oxygens (including phenoxy) is 1. The molecule has 7 heteroatoms. The highest BCUT2D eigenvalue weighted by atomic mass is 32.2. The number of hydrogen-bond donors (Lipinski definition) is 1. The predicted octanol–water partition coefficient (Wildman–Crippen LogP) is 2.53. The van der Waals surface area contributed by atoms with Crippen molar-refractivity contribution < 1.29 is 17.9 Å². The molecular weight excluding hydrogens is 328 g/mol. The summed E-state index contributed by atoms with van der Waals surface area (Å²) in [6, 6.07) is 10.9. The fraction of sp³-hybridized carbons (Fsp3) is 0.176. The average molecular weight is 344 g/mol. The molecule has 0 aliphatic rings. The molecule has 24 heavy (non-hydrogen) atoms. The quantitative estimate of drug-likeness (QED) is 0.919. The molecule has 0 spiro atoms. The molecule has 0 heterocycles. The molecule has 2 aromatic carbocycles. The van der Waals surface area contributed by atoms with E-state index in [0.29, 0.717) is 11.3 Å². The minimum atomic E-state index is -3.55. The Bertz CT molecular complexity index is 944. The second kappa shape index (κ2) is 6.72. The van der Waals surface area contributed by atoms with Crippen LogP contribution in [0.15, 0.2) is 41.3 Å². The minimum Gasteiger partial charge on any atom is -0.496 e. The molecule has 1 N–H and O–H groups in total. The summed E-state index contributed by atoms with van der Waals surface area (Å²) in [5, 5.41) is 11.5. The summed E-state index contributed by atoms with van der Waals surface area (Å²) >= 11 is 0. The number of nitriles is 1. The Kier molecular flexibility index (Phi) is 4.90. The van der Waals surface area contributed by atoms with E-state index >= 15 is 0 Å². The van der Waals surface area contributed by atoms with Gasteiger partial charge in [0.2, 0.25) is 0 Å². The Morgan fingerprint density at radius 3 is 2.50 bits per heavy atom. The van der Waals surface area contributed by atoms with Gasteiger partial charge in [0.15, 0.2) is 9.84 Å². The van der Waals surface area contributed by atoms with Crippen LogP contribution in [0.25, 0.3) is 0 Å². The molecule has 0 aliphatic carbocycles. The van der Waals surface area contributed by atoms with Crippen LogP contribution >= 0.6 is 0 Å². The molecule has 0 aromatic heterocycles. The van der Waals surface area contributed by atoms with Crippen molar-refractivity contribution in [3.8, 4) is 11.8 Å². The van der Waals surface area contributed by atoms with Crippen molar-refractivity contribution in [2.24, 2.45) is 0 Å². The van der Waals surface area contributed by atoms with Crippen LogP contribution in [-0.4, -0.2) is 27.7 Å². The monoisotopic (exact) mass is 344 g/mol. The van der Waals surface area contributed by atoms with Gasteiger partial charge in [-0.3, -0.25) is 4.79 Å². The maximum Gasteiger partial charge on any atom is 0.255 e. The molecule has 6 nitrogen and oxygen atoms in total. The van der Waals surface area contributed by atoms with E-state index in [2.05, 4.69) is 5.32 Å². The first-order chi connectivity index (χ1) is 11.3. The molecule has 0 atom stereocenters. The first kappa shape index (κ1) is 17.5. The average Bonchev–Trinajstić information content (AvgIpc) is 2.54. The van der Waals surface area contributed by atoms with Crippen LogP contribution < -0.4 is 10.1 Å². The number of carbonyl (C=O) groups excluding carboxylic acids is 1. The van der Waals surface area contributed by atoms with Crippen molar-refractivity contribution in [1.82, 2.24) is 0 Å². The molecule has 124 valence electrons. The molecule has 0 fully saturated rings. The molecular formula is C17H16N2O4S. The number of methoxy groups -OCH3 is 1. The third kappa shape index (κ3) is 3.73. The van der Waals surface area contributed by atoms with Crippen molar-refractivity contribution in [3.63, 3.8) is 0 Å². The van der Waals surface area contributed by atoms with Crippen molar-refractivity contribution in [1.29, 1.82) is 5.26 Å². The highest BCUT2D eigenvalue weighted by molar-refractivity contribution is 7.90. The zero-order valence-corrected chi connectivity index (χ0v) is 14.3. The molecule has 0 radical (unpaired) electrons. The lowest BCUT2D eigenvalue weighted by Crippen LogP contribution is -2.15. The number of nitrogens with one attached hydrogen (secondary N) is 1. The summed E-state index contributed by atoms with van der Waals surface area (Å²) in [6.07, 6.45) is 1.04. The molecule has 0 saturated heterocycles. The zero-order chi connectivity index (χ0) is 17.9. The molecule has 2 rings (SSSR count). The van der Waals surface area contributed by atoms with E-state index in [1.54, 1.807) is 18.2 Å². The van der Waals surface area contributed by atoms with Gasteiger partial charge in [-0.1, -0.05) is 6.07 Å². The van der Waals surface area contributed by atoms with Crippen molar-refractivity contribution in [3.05, 3.63) is 53.1 Å². The summed E-state index contributed by atoms with van der Waals surface area (Å²) < 4.78 is 28.9. The van der Waals surface area contributed by atoms with Crippen LogP contribution in [0, 0.1) is 18.3 Å². The molecule has 2 aromatic rings. The van der Waals surface area contributed by atoms with E-state index in [4.69, 9.17) is 10.00 Å². The molecule has 0 unspecified atom stereocenters. The third-order valence-electron chi connectivity index (χ3n) is 3.43. The van der Waals surface area contributed by atoms with E-state index in [-0.39, 0.29) is 16.1 Å². The van der Waals surface area contributed by atoms with Crippen molar-refractivity contribution >= 4 is 21.4 Å². The number of rotatable bonds is 4. The van der Waals surface area contributed by atoms with E-state index in [1.165, 1.54) is 25.3 Å². The highest BCUT2D eigenvalue weighted by Crippen LogP contribution is 2.25. The normalized spacial score (nSPS) is 10.8. The summed E-state index contributed by atoms with van der Waals surface area (Å²) in [5.41, 5.74) is 1.51. The number of aryl methyl sites for hydroxylation is 1. The highest BCUT2D eigenvalue weighted by Gasteiger charge is 2.17. The molecule has 0 aliphatic heterocycles. The lowest BCUT2D eigenvalue weighted by Gasteiger charge is -2.12. The molecule has 1 amide bonds. The number of hydrogen-bond acceptors (Lipinski definition) is 5. The number of sulfone groups is 1. The SMILES string of the molecule is COc1cc(C(=O)Nc2cc(C#N)ccc2S(C)(=O)=O)ccc1C. The van der Waals surface area contributed by atoms with Gasteiger partial charge < -0.3 is 10.1 Å². The third-order valence-corrected chi connectivity index (χ3v) is 4.58. The van der Waals surface area contributed by atoms with Gasteiger partial charge in [-0.2, -0.15) is 5.26 Å². The van der Waals surface area contributed by atoms with Crippen molar-refractivity contribution in [2.45, 2.75) is 11.8 Å². The Morgan fingerprint density at radius 1 is 1.21 bits per heavy atom. The number of nitrogens with zero attached hydrogens (tertiary/aromatic N) is 1. The Labute approximate surface area is 140 Å². The van der Waals surface area contributed by atoms with E-state index < -0.39 is 15.7 Å². The maximum absolute atomic E-state index is 12.4. The van der Waals surface area contributed by atoms with Gasteiger partial charge in [0.25, 0.3) is 5.91 Å². The number of benzene rings is 2. The van der Waals surface area contributed by atoms with Gasteiger partial charge >= 0.3 is 0 Å². The van der Waals surface area contributed by atoms with Gasteiger partial charge in [-0.05, 0) is 42.8 Å². The summed E-state index contributed by atoms with van der Waals surface area (Å²) in [6.45, 7) is 1.85. The number of carbonyl (C=O) groups is 1. The lowest BCUT2D eigenvalue weighted by molar-refractivity contribution is 0.102. The maximum atomic E-state index is 12.4. The first-order valence-electron chi connectivity index (χ1n) is 6.96. The topological polar surface area (TPSA) is 96.3 Å².